The molecule has 0 bridgehead atoms. The minimum absolute atomic E-state index is 0.299. The second kappa shape index (κ2) is 6.91. The van der Waals surface area contributed by atoms with Crippen LogP contribution >= 0.6 is 0 Å². The van der Waals surface area contributed by atoms with E-state index in [1.807, 2.05) is 18.2 Å². The van der Waals surface area contributed by atoms with Gasteiger partial charge in [-0.15, -0.1) is 0 Å². The molecule has 122 valence electrons. The predicted octanol–water partition coefficient (Wildman–Crippen LogP) is 3.07. The Morgan fingerprint density at radius 1 is 1.25 bits per heavy atom. The summed E-state index contributed by atoms with van der Waals surface area (Å²) in [6.45, 7) is 0.301. The monoisotopic (exact) mass is 325 g/mol. The van der Waals surface area contributed by atoms with Gasteiger partial charge in [-0.2, -0.15) is 5.10 Å². The molecule has 1 aromatic heterocycles. The van der Waals surface area contributed by atoms with Gasteiger partial charge in [-0.05, 0) is 29.8 Å². The van der Waals surface area contributed by atoms with Crippen molar-refractivity contribution in [1.29, 1.82) is 0 Å². The van der Waals surface area contributed by atoms with E-state index < -0.39 is 0 Å². The zero-order valence-electron chi connectivity index (χ0n) is 13.1. The molecule has 0 aliphatic heterocycles. The largest absolute Gasteiger partial charge is 0.323 e. The molecule has 0 saturated heterocycles. The summed E-state index contributed by atoms with van der Waals surface area (Å²) >= 11 is 0. The standard InChI is InChI=1S/C17H16FN5O/c1-22(10-13-5-4-6-14(18)9-13)17(24)21-15-7-2-3-8-16(15)23-12-19-11-20-23/h2-9,11-12H,10H2,1H3,(H,21,24). The highest BCUT2D eigenvalue weighted by Gasteiger charge is 2.13. The van der Waals surface area contributed by atoms with E-state index >= 15 is 0 Å². The molecular formula is C17H16FN5O. The van der Waals surface area contributed by atoms with Crippen LogP contribution in [0.1, 0.15) is 5.56 Å². The maximum absolute atomic E-state index is 13.2. The molecule has 0 aliphatic carbocycles. The maximum Gasteiger partial charge on any atom is 0.321 e. The number of aromatic nitrogens is 3. The fourth-order valence-corrected chi connectivity index (χ4v) is 2.30. The molecule has 1 N–H and O–H groups in total. The van der Waals surface area contributed by atoms with Crippen LogP contribution in [0.2, 0.25) is 0 Å². The van der Waals surface area contributed by atoms with Crippen molar-refractivity contribution in [2.75, 3.05) is 12.4 Å². The first-order valence-corrected chi connectivity index (χ1v) is 7.34. The first-order chi connectivity index (χ1) is 11.6. The summed E-state index contributed by atoms with van der Waals surface area (Å²) in [6.07, 6.45) is 2.98. The number of anilines is 1. The van der Waals surface area contributed by atoms with Gasteiger partial charge in [-0.3, -0.25) is 0 Å². The molecule has 3 aromatic rings. The van der Waals surface area contributed by atoms with Crippen molar-refractivity contribution in [3.05, 3.63) is 72.6 Å². The van der Waals surface area contributed by atoms with Gasteiger partial charge in [0.2, 0.25) is 0 Å². The topological polar surface area (TPSA) is 63.1 Å². The van der Waals surface area contributed by atoms with E-state index in [-0.39, 0.29) is 11.8 Å². The lowest BCUT2D eigenvalue weighted by Crippen LogP contribution is -2.31. The fourth-order valence-electron chi connectivity index (χ4n) is 2.30. The molecule has 0 unspecified atom stereocenters. The molecule has 0 spiro atoms. The summed E-state index contributed by atoms with van der Waals surface area (Å²) in [5.41, 5.74) is 2.04. The lowest BCUT2D eigenvalue weighted by molar-refractivity contribution is 0.220. The number of halogens is 1. The molecule has 6 nitrogen and oxygen atoms in total. The molecule has 2 aromatic carbocycles. The van der Waals surface area contributed by atoms with Crippen molar-refractivity contribution < 1.29 is 9.18 Å². The molecule has 0 fully saturated rings. The lowest BCUT2D eigenvalue weighted by atomic mass is 10.2. The molecule has 0 aliphatic rings. The molecule has 2 amide bonds. The number of benzene rings is 2. The Hall–Kier alpha value is -3.22. The molecule has 24 heavy (non-hydrogen) atoms. The number of amides is 2. The van der Waals surface area contributed by atoms with Crippen LogP contribution in [0.25, 0.3) is 5.69 Å². The van der Waals surface area contributed by atoms with Gasteiger partial charge in [-0.25, -0.2) is 18.9 Å². The van der Waals surface area contributed by atoms with Crippen LogP contribution in [0.15, 0.2) is 61.2 Å². The highest BCUT2D eigenvalue weighted by Crippen LogP contribution is 2.19. The zero-order chi connectivity index (χ0) is 16.9. The number of hydrogen-bond donors (Lipinski definition) is 1. The van der Waals surface area contributed by atoms with Crippen LogP contribution in [0.5, 0.6) is 0 Å². The minimum atomic E-state index is -0.321. The Balaban J connectivity index is 1.73. The average molecular weight is 325 g/mol. The summed E-state index contributed by atoms with van der Waals surface area (Å²) in [6, 6.07) is 13.2. The number of carbonyl (C=O) groups excluding carboxylic acids is 1. The number of hydrogen-bond acceptors (Lipinski definition) is 3. The lowest BCUT2D eigenvalue weighted by Gasteiger charge is -2.19. The molecule has 1 heterocycles. The van der Waals surface area contributed by atoms with Crippen LogP contribution in [0.3, 0.4) is 0 Å². The number of urea groups is 1. The third kappa shape index (κ3) is 3.57. The number of carbonyl (C=O) groups is 1. The van der Waals surface area contributed by atoms with Crippen molar-refractivity contribution in [2.24, 2.45) is 0 Å². The van der Waals surface area contributed by atoms with Gasteiger partial charge in [-0.1, -0.05) is 24.3 Å². The first kappa shape index (κ1) is 15.7. The Bertz CT molecular complexity index is 835. The van der Waals surface area contributed by atoms with E-state index in [1.54, 1.807) is 36.3 Å². The minimum Gasteiger partial charge on any atom is -0.323 e. The average Bonchev–Trinajstić information content (AvgIpc) is 3.09. The second-order valence-electron chi connectivity index (χ2n) is 5.27. The van der Waals surface area contributed by atoms with Crippen LogP contribution in [-0.4, -0.2) is 32.7 Å². The van der Waals surface area contributed by atoms with Gasteiger partial charge in [0.1, 0.15) is 18.5 Å². The number of nitrogens with zero attached hydrogens (tertiary/aromatic N) is 4. The zero-order valence-corrected chi connectivity index (χ0v) is 13.1. The van der Waals surface area contributed by atoms with E-state index in [2.05, 4.69) is 15.4 Å². The summed E-state index contributed by atoms with van der Waals surface area (Å²) in [5.74, 6) is -0.321. The Morgan fingerprint density at radius 3 is 2.83 bits per heavy atom. The van der Waals surface area contributed by atoms with Crippen molar-refractivity contribution in [3.8, 4) is 5.69 Å². The van der Waals surface area contributed by atoms with E-state index in [0.29, 0.717) is 17.9 Å². The summed E-state index contributed by atoms with van der Waals surface area (Å²) in [7, 11) is 1.65. The van der Waals surface area contributed by atoms with Crippen LogP contribution in [0, 0.1) is 5.82 Å². The van der Waals surface area contributed by atoms with Crippen molar-refractivity contribution in [1.82, 2.24) is 19.7 Å². The van der Waals surface area contributed by atoms with Crippen LogP contribution in [0.4, 0.5) is 14.9 Å². The Labute approximate surface area is 138 Å². The predicted molar refractivity (Wildman–Crippen MR) is 88.2 cm³/mol. The molecule has 0 saturated carbocycles. The summed E-state index contributed by atoms with van der Waals surface area (Å²) in [5, 5.41) is 6.91. The van der Waals surface area contributed by atoms with Crippen molar-refractivity contribution >= 4 is 11.7 Å². The van der Waals surface area contributed by atoms with Crippen molar-refractivity contribution in [3.63, 3.8) is 0 Å². The van der Waals surface area contributed by atoms with Crippen LogP contribution < -0.4 is 5.32 Å². The normalized spacial score (nSPS) is 10.4. The number of rotatable bonds is 4. The highest BCUT2D eigenvalue weighted by atomic mass is 19.1. The first-order valence-electron chi connectivity index (χ1n) is 7.34. The third-order valence-electron chi connectivity index (χ3n) is 3.47. The molecule has 3 rings (SSSR count). The van der Waals surface area contributed by atoms with Gasteiger partial charge >= 0.3 is 6.03 Å². The molecule has 0 radical (unpaired) electrons. The quantitative estimate of drug-likeness (QED) is 0.802. The fraction of sp³-hybridized carbons (Fsp3) is 0.118. The summed E-state index contributed by atoms with van der Waals surface area (Å²) in [4.78, 5) is 17.8. The molecule has 7 heteroatoms. The van der Waals surface area contributed by atoms with E-state index in [4.69, 9.17) is 0 Å². The van der Waals surface area contributed by atoms with E-state index in [9.17, 15) is 9.18 Å². The van der Waals surface area contributed by atoms with Gasteiger partial charge in [0, 0.05) is 13.6 Å². The van der Waals surface area contributed by atoms with Gasteiger partial charge in [0.05, 0.1) is 11.4 Å². The molecular weight excluding hydrogens is 309 g/mol. The van der Waals surface area contributed by atoms with Gasteiger partial charge < -0.3 is 10.2 Å². The molecule has 0 atom stereocenters. The van der Waals surface area contributed by atoms with Gasteiger partial charge in [0.15, 0.2) is 0 Å². The smallest absolute Gasteiger partial charge is 0.321 e. The third-order valence-corrected chi connectivity index (χ3v) is 3.47. The van der Waals surface area contributed by atoms with Crippen LogP contribution in [-0.2, 0) is 6.54 Å². The van der Waals surface area contributed by atoms with E-state index in [0.717, 1.165) is 5.56 Å². The Morgan fingerprint density at radius 2 is 2.08 bits per heavy atom. The number of nitrogens with one attached hydrogen (secondary N) is 1. The highest BCUT2D eigenvalue weighted by molar-refractivity contribution is 5.91. The number of para-hydroxylation sites is 2. The van der Waals surface area contributed by atoms with E-state index in [1.165, 1.54) is 23.4 Å². The summed E-state index contributed by atoms with van der Waals surface area (Å²) < 4.78 is 14.8. The SMILES string of the molecule is CN(Cc1cccc(F)c1)C(=O)Nc1ccccc1-n1cncn1. The van der Waals surface area contributed by atoms with Crippen molar-refractivity contribution in [2.45, 2.75) is 6.54 Å². The Kier molecular flexibility index (Phi) is 4.51. The second-order valence-corrected chi connectivity index (χ2v) is 5.27. The maximum atomic E-state index is 13.2. The van der Waals surface area contributed by atoms with Gasteiger partial charge in [0.25, 0.3) is 0 Å².